The maximum Gasteiger partial charge on any atom is 0.305 e. The van der Waals surface area contributed by atoms with Crippen LogP contribution >= 0.6 is 0 Å². The SMILES string of the molecule is C[n+]1ccn(COC[N+]23CCC(CC2)C(=O)C3)c1/C=N\O.[I-].[I-]. The average molecular weight is 548 g/mol. The van der Waals surface area contributed by atoms with Gasteiger partial charge in [0.15, 0.2) is 25.5 Å². The average Bonchev–Trinajstić information content (AvgIpc) is 2.82. The summed E-state index contributed by atoms with van der Waals surface area (Å²) in [5.41, 5.74) is 0. The molecular weight excluding hydrogens is 526 g/mol. The third kappa shape index (κ3) is 4.42. The maximum atomic E-state index is 11.9. The van der Waals surface area contributed by atoms with Crippen LogP contribution in [0.15, 0.2) is 17.5 Å². The van der Waals surface area contributed by atoms with Gasteiger partial charge in [0, 0.05) is 18.8 Å². The Bertz CT molecular complexity index is 568. The molecule has 1 aromatic heterocycles. The fourth-order valence-corrected chi connectivity index (χ4v) is 3.42. The van der Waals surface area contributed by atoms with Crippen molar-refractivity contribution in [2.75, 3.05) is 26.4 Å². The molecule has 2 bridgehead atoms. The zero-order chi connectivity index (χ0) is 14.9. The number of ether oxygens (including phenoxy) is 1. The Labute approximate surface area is 169 Å². The second-order valence-electron chi connectivity index (χ2n) is 6.13. The van der Waals surface area contributed by atoms with Gasteiger partial charge < -0.3 is 53.2 Å². The van der Waals surface area contributed by atoms with Gasteiger partial charge in [-0.25, -0.2) is 9.13 Å². The van der Waals surface area contributed by atoms with Crippen LogP contribution in [0, 0.1) is 5.92 Å². The molecule has 3 aliphatic heterocycles. The van der Waals surface area contributed by atoms with E-state index in [1.54, 1.807) is 0 Å². The first-order chi connectivity index (χ1) is 10.1. The first-order valence-electron chi connectivity index (χ1n) is 7.31. The van der Waals surface area contributed by atoms with E-state index < -0.39 is 0 Å². The summed E-state index contributed by atoms with van der Waals surface area (Å²) in [6.07, 6.45) is 7.14. The molecule has 1 N–H and O–H groups in total. The molecule has 0 radical (unpaired) electrons. The number of aryl methyl sites for hydroxylation is 1. The molecule has 3 fully saturated rings. The Morgan fingerprint density at radius 3 is 2.78 bits per heavy atom. The summed E-state index contributed by atoms with van der Waals surface area (Å²) < 4.78 is 10.3. The predicted octanol–water partition coefficient (Wildman–Crippen LogP) is -6.13. The van der Waals surface area contributed by atoms with Gasteiger partial charge in [-0.15, -0.1) is 0 Å². The number of hydrogen-bond acceptors (Lipinski definition) is 4. The van der Waals surface area contributed by atoms with Crippen molar-refractivity contribution in [1.82, 2.24) is 4.57 Å². The van der Waals surface area contributed by atoms with E-state index in [1.165, 1.54) is 6.21 Å². The number of hydrogen-bond donors (Lipinski definition) is 1. The number of Topliss-reactive ketones (excluding diaryl/α,β-unsaturated/α-hetero) is 1. The quantitative estimate of drug-likeness (QED) is 0.0996. The zero-order valence-corrected chi connectivity index (χ0v) is 17.4. The Kier molecular flexibility index (Phi) is 7.87. The third-order valence-corrected chi connectivity index (χ3v) is 4.74. The van der Waals surface area contributed by atoms with Crippen molar-refractivity contribution in [3.8, 4) is 0 Å². The number of carbonyl (C=O) groups excluding carboxylic acids is 1. The van der Waals surface area contributed by atoms with Crippen LogP contribution in [-0.2, 0) is 23.3 Å². The molecule has 0 saturated carbocycles. The maximum absolute atomic E-state index is 11.9. The highest BCUT2D eigenvalue weighted by atomic mass is 127. The van der Waals surface area contributed by atoms with Gasteiger partial charge in [0.25, 0.3) is 0 Å². The molecule has 0 aliphatic carbocycles. The lowest BCUT2D eigenvalue weighted by atomic mass is 9.85. The summed E-state index contributed by atoms with van der Waals surface area (Å²) >= 11 is 0. The molecule has 3 aliphatic rings. The van der Waals surface area contributed by atoms with Crippen molar-refractivity contribution >= 4 is 12.0 Å². The summed E-state index contributed by atoms with van der Waals surface area (Å²) in [5, 5.41) is 11.8. The van der Waals surface area contributed by atoms with Crippen molar-refractivity contribution in [3.63, 3.8) is 0 Å². The number of halogens is 2. The normalized spacial score (nSPS) is 26.1. The minimum atomic E-state index is 0. The number of imidazole rings is 1. The summed E-state index contributed by atoms with van der Waals surface area (Å²) in [6.45, 7) is 3.66. The molecule has 0 amide bonds. The van der Waals surface area contributed by atoms with E-state index in [2.05, 4.69) is 5.16 Å². The number of aromatic nitrogens is 2. The van der Waals surface area contributed by atoms with Gasteiger partial charge >= 0.3 is 5.82 Å². The smallest absolute Gasteiger partial charge is 0.305 e. The summed E-state index contributed by atoms with van der Waals surface area (Å²) in [4.78, 5) is 11.9. The monoisotopic (exact) mass is 548 g/mol. The molecule has 0 aromatic carbocycles. The third-order valence-electron chi connectivity index (χ3n) is 4.74. The number of oxime groups is 1. The Morgan fingerprint density at radius 2 is 2.17 bits per heavy atom. The predicted molar refractivity (Wildman–Crippen MR) is 73.5 cm³/mol. The minimum absolute atomic E-state index is 0. The van der Waals surface area contributed by atoms with E-state index in [1.807, 2.05) is 28.6 Å². The molecule has 0 unspecified atom stereocenters. The molecule has 23 heavy (non-hydrogen) atoms. The molecule has 9 heteroatoms. The number of quaternary nitrogens is 1. The molecule has 130 valence electrons. The van der Waals surface area contributed by atoms with Crippen LogP contribution in [0.25, 0.3) is 0 Å². The van der Waals surface area contributed by atoms with Crippen LogP contribution in [-0.4, -0.2) is 52.6 Å². The largest absolute Gasteiger partial charge is 1.00 e. The Hall–Kier alpha value is -0.270. The van der Waals surface area contributed by atoms with E-state index in [4.69, 9.17) is 9.94 Å². The number of carbonyl (C=O) groups is 1. The highest BCUT2D eigenvalue weighted by Gasteiger charge is 2.45. The summed E-state index contributed by atoms with van der Waals surface area (Å²) in [5.74, 6) is 1.46. The Balaban J connectivity index is 0.00000132. The van der Waals surface area contributed by atoms with E-state index in [9.17, 15) is 4.79 Å². The van der Waals surface area contributed by atoms with Crippen LogP contribution in [0.4, 0.5) is 0 Å². The van der Waals surface area contributed by atoms with Crippen molar-refractivity contribution in [2.24, 2.45) is 18.1 Å². The molecule has 3 saturated heterocycles. The lowest BCUT2D eigenvalue weighted by Crippen LogP contribution is -3.00. The summed E-state index contributed by atoms with van der Waals surface area (Å²) in [7, 11) is 1.88. The van der Waals surface area contributed by atoms with Crippen LogP contribution in [0.1, 0.15) is 18.7 Å². The fourth-order valence-electron chi connectivity index (χ4n) is 3.42. The molecular formula is C14H22I2N4O3. The highest BCUT2D eigenvalue weighted by molar-refractivity contribution is 5.83. The number of ketones is 1. The van der Waals surface area contributed by atoms with Crippen LogP contribution in [0.3, 0.4) is 0 Å². The van der Waals surface area contributed by atoms with E-state index >= 15 is 0 Å². The van der Waals surface area contributed by atoms with Gasteiger partial charge in [0.2, 0.25) is 0 Å². The second kappa shape index (κ2) is 8.72. The lowest BCUT2D eigenvalue weighted by molar-refractivity contribution is -0.949. The first kappa shape index (κ1) is 20.8. The number of nitrogens with zero attached hydrogens (tertiary/aromatic N) is 4. The van der Waals surface area contributed by atoms with Gasteiger partial charge in [-0.3, -0.25) is 14.0 Å². The molecule has 0 spiro atoms. The van der Waals surface area contributed by atoms with Gasteiger partial charge in [-0.2, -0.15) is 0 Å². The van der Waals surface area contributed by atoms with E-state index in [-0.39, 0.29) is 48.0 Å². The topological polar surface area (TPSA) is 67.7 Å². The molecule has 4 heterocycles. The number of piperidine rings is 3. The van der Waals surface area contributed by atoms with Crippen molar-refractivity contribution in [3.05, 3.63) is 18.2 Å². The molecule has 1 aromatic rings. The fraction of sp³-hybridized carbons (Fsp3) is 0.643. The van der Waals surface area contributed by atoms with Crippen LogP contribution < -0.4 is 52.5 Å². The molecule has 4 rings (SSSR count). The van der Waals surface area contributed by atoms with Gasteiger partial charge in [-0.05, 0) is 0 Å². The number of fused-ring (bicyclic) bond motifs is 3. The standard InChI is InChI=1S/C14H21N4O3.2HI/c1-16-4-5-17(14(16)8-15-20)10-21-11-18-6-2-12(3-7-18)13(19)9-18;;/h4-5,8,12H,2-3,6-7,9-11H2,1H3;2*1H/q+1;;/p-1. The van der Waals surface area contributed by atoms with Gasteiger partial charge in [0.1, 0.15) is 18.9 Å². The lowest BCUT2D eigenvalue weighted by Gasteiger charge is -2.47. The first-order valence-corrected chi connectivity index (χ1v) is 7.31. The van der Waals surface area contributed by atoms with Crippen molar-refractivity contribution < 1.29 is 71.7 Å². The minimum Gasteiger partial charge on any atom is -1.00 e. The van der Waals surface area contributed by atoms with Crippen LogP contribution in [0.2, 0.25) is 0 Å². The molecule has 7 nitrogen and oxygen atoms in total. The highest BCUT2D eigenvalue weighted by Crippen LogP contribution is 2.31. The Morgan fingerprint density at radius 1 is 1.48 bits per heavy atom. The van der Waals surface area contributed by atoms with Crippen molar-refractivity contribution in [2.45, 2.75) is 19.6 Å². The summed E-state index contributed by atoms with van der Waals surface area (Å²) in [6, 6.07) is 0. The zero-order valence-electron chi connectivity index (χ0n) is 13.1. The van der Waals surface area contributed by atoms with E-state index in [0.717, 1.165) is 36.2 Å². The van der Waals surface area contributed by atoms with E-state index in [0.29, 0.717) is 31.7 Å². The van der Waals surface area contributed by atoms with Gasteiger partial charge in [0.05, 0.1) is 20.1 Å². The van der Waals surface area contributed by atoms with Crippen molar-refractivity contribution in [1.29, 1.82) is 0 Å². The molecule has 0 atom stereocenters. The van der Waals surface area contributed by atoms with Gasteiger partial charge in [-0.1, -0.05) is 5.16 Å². The number of rotatable bonds is 5. The second-order valence-corrected chi connectivity index (χ2v) is 6.13. The van der Waals surface area contributed by atoms with Crippen LogP contribution in [0.5, 0.6) is 0 Å².